The van der Waals surface area contributed by atoms with Crippen LogP contribution in [-0.2, 0) is 9.53 Å². The largest absolute Gasteiger partial charge is 0.469 e. The Hall–Kier alpha value is -0.870. The van der Waals surface area contributed by atoms with E-state index in [2.05, 4.69) is 38.0 Å². The van der Waals surface area contributed by atoms with Crippen molar-refractivity contribution in [3.63, 3.8) is 0 Å². The van der Waals surface area contributed by atoms with Crippen molar-refractivity contribution >= 4 is 47.2 Å². The lowest BCUT2D eigenvalue weighted by Crippen LogP contribution is -2.42. The van der Waals surface area contributed by atoms with Gasteiger partial charge in [0.1, 0.15) is 0 Å². The fourth-order valence-corrected chi connectivity index (χ4v) is 3.84. The molecule has 2 unspecified atom stereocenters. The average Bonchev–Trinajstić information content (AvgIpc) is 3.33. The van der Waals surface area contributed by atoms with E-state index < -0.39 is 0 Å². The third-order valence-electron chi connectivity index (χ3n) is 4.39. The highest BCUT2D eigenvalue weighted by Crippen LogP contribution is 2.27. The number of carbonyl (C=O) groups excluding carboxylic acids is 1. The fourth-order valence-electron chi connectivity index (χ4n) is 2.98. The number of hydrogen-bond acceptors (Lipinski definition) is 5. The first-order valence-corrected chi connectivity index (χ1v) is 9.91. The summed E-state index contributed by atoms with van der Waals surface area (Å²) >= 11 is 1.80. The van der Waals surface area contributed by atoms with E-state index in [-0.39, 0.29) is 35.9 Å². The Labute approximate surface area is 177 Å². The summed E-state index contributed by atoms with van der Waals surface area (Å²) in [5.74, 6) is 0.277. The highest BCUT2D eigenvalue weighted by atomic mass is 127. The number of nitrogens with zero attached hydrogens (tertiary/aromatic N) is 2. The normalized spacial score (nSPS) is 17.3. The molecule has 0 radical (unpaired) electrons. The van der Waals surface area contributed by atoms with E-state index >= 15 is 0 Å². The molecule has 1 aliphatic heterocycles. The van der Waals surface area contributed by atoms with Gasteiger partial charge in [0, 0.05) is 18.0 Å². The number of halogens is 1. The van der Waals surface area contributed by atoms with E-state index in [1.54, 1.807) is 11.3 Å². The molecule has 2 atom stereocenters. The summed E-state index contributed by atoms with van der Waals surface area (Å²) in [6.45, 7) is 8.17. The van der Waals surface area contributed by atoms with Gasteiger partial charge in [-0.1, -0.05) is 13.0 Å². The summed E-state index contributed by atoms with van der Waals surface area (Å²) in [5, 5.41) is 8.84. The molecule has 0 saturated carbocycles. The molecule has 1 saturated heterocycles. The first-order valence-electron chi connectivity index (χ1n) is 9.03. The maximum absolute atomic E-state index is 11.5. The highest BCUT2D eigenvalue weighted by molar-refractivity contribution is 14.0. The number of thiophene rings is 1. The quantitative estimate of drug-likeness (QED) is 0.252. The lowest BCUT2D eigenvalue weighted by molar-refractivity contribution is -0.144. The van der Waals surface area contributed by atoms with Crippen molar-refractivity contribution in [3.05, 3.63) is 22.4 Å². The van der Waals surface area contributed by atoms with E-state index in [1.807, 2.05) is 13.8 Å². The van der Waals surface area contributed by atoms with Crippen LogP contribution in [0.1, 0.15) is 37.6 Å². The predicted molar refractivity (Wildman–Crippen MR) is 118 cm³/mol. The van der Waals surface area contributed by atoms with Gasteiger partial charge in [0.2, 0.25) is 0 Å². The Morgan fingerprint density at radius 1 is 1.38 bits per heavy atom. The third kappa shape index (κ3) is 7.03. The van der Waals surface area contributed by atoms with Gasteiger partial charge in [0.25, 0.3) is 0 Å². The second-order valence-corrected chi connectivity index (χ2v) is 7.28. The van der Waals surface area contributed by atoms with Crippen LogP contribution in [-0.4, -0.2) is 56.7 Å². The van der Waals surface area contributed by atoms with Gasteiger partial charge in [0.15, 0.2) is 5.96 Å². The zero-order valence-corrected chi connectivity index (χ0v) is 19.0. The lowest BCUT2D eigenvalue weighted by atomic mass is 10.2. The molecular formula is C18H31IN4O2S. The molecule has 6 nitrogen and oxygen atoms in total. The standard InChI is InChI=1S/C18H30N4O2S.HI/c1-4-19-18(20-12-14(2)17(23)24-3)21-13-15(16-8-7-11-25-16)22-9-5-6-10-22;/h7-8,11,14-15H,4-6,9-10,12-13H2,1-3H3,(H2,19,20,21);1H. The SMILES string of the molecule is CCNC(=NCC(C)C(=O)OC)NCC(c1cccs1)N1CCCC1.I. The minimum absolute atomic E-state index is 0. The molecule has 148 valence electrons. The number of ether oxygens (including phenoxy) is 1. The molecule has 1 aliphatic rings. The Morgan fingerprint density at radius 3 is 2.69 bits per heavy atom. The van der Waals surface area contributed by atoms with Crippen LogP contribution in [0.15, 0.2) is 22.5 Å². The van der Waals surface area contributed by atoms with E-state index in [9.17, 15) is 4.79 Å². The van der Waals surface area contributed by atoms with Crippen LogP contribution in [0, 0.1) is 5.92 Å². The summed E-state index contributed by atoms with van der Waals surface area (Å²) < 4.78 is 4.76. The van der Waals surface area contributed by atoms with E-state index in [1.165, 1.54) is 24.8 Å². The molecule has 2 rings (SSSR count). The molecule has 1 fully saturated rings. The van der Waals surface area contributed by atoms with Crippen molar-refractivity contribution in [1.82, 2.24) is 15.5 Å². The number of aliphatic imine (C=N–C) groups is 1. The molecular weight excluding hydrogens is 463 g/mol. The van der Waals surface area contributed by atoms with Crippen LogP contribution in [0.25, 0.3) is 0 Å². The van der Waals surface area contributed by atoms with Crippen LogP contribution < -0.4 is 10.6 Å². The molecule has 0 spiro atoms. The molecule has 0 aliphatic carbocycles. The number of methoxy groups -OCH3 is 1. The third-order valence-corrected chi connectivity index (χ3v) is 5.36. The van der Waals surface area contributed by atoms with Crippen molar-refractivity contribution in [3.8, 4) is 0 Å². The number of rotatable bonds is 8. The monoisotopic (exact) mass is 494 g/mol. The second-order valence-electron chi connectivity index (χ2n) is 6.30. The number of esters is 1. The molecule has 2 N–H and O–H groups in total. The minimum Gasteiger partial charge on any atom is -0.469 e. The molecule has 1 aromatic rings. The maximum Gasteiger partial charge on any atom is 0.310 e. The number of likely N-dealkylation sites (tertiary alicyclic amines) is 1. The van der Waals surface area contributed by atoms with Gasteiger partial charge in [0.05, 0.1) is 25.6 Å². The van der Waals surface area contributed by atoms with Crippen LogP contribution in [0.5, 0.6) is 0 Å². The first-order chi connectivity index (χ1) is 12.2. The summed E-state index contributed by atoms with van der Waals surface area (Å²) in [6, 6.07) is 4.68. The van der Waals surface area contributed by atoms with Gasteiger partial charge in [-0.05, 0) is 44.3 Å². The Balaban J connectivity index is 0.00000338. The van der Waals surface area contributed by atoms with Gasteiger partial charge in [-0.2, -0.15) is 0 Å². The second kappa shape index (κ2) is 12.5. The van der Waals surface area contributed by atoms with Crippen molar-refractivity contribution < 1.29 is 9.53 Å². The first kappa shape index (κ1) is 23.2. The van der Waals surface area contributed by atoms with E-state index in [0.717, 1.165) is 32.1 Å². The van der Waals surface area contributed by atoms with Crippen LogP contribution in [0.4, 0.5) is 0 Å². The molecule has 0 aromatic carbocycles. The van der Waals surface area contributed by atoms with Gasteiger partial charge >= 0.3 is 5.97 Å². The summed E-state index contributed by atoms with van der Waals surface area (Å²) in [4.78, 5) is 20.0. The number of nitrogens with one attached hydrogen (secondary N) is 2. The molecule has 1 aromatic heterocycles. The molecule has 0 amide bonds. The summed E-state index contributed by atoms with van der Waals surface area (Å²) in [7, 11) is 1.41. The van der Waals surface area contributed by atoms with Gasteiger partial charge in [-0.25, -0.2) is 0 Å². The van der Waals surface area contributed by atoms with E-state index in [0.29, 0.717) is 12.6 Å². The zero-order chi connectivity index (χ0) is 18.1. The zero-order valence-electron chi connectivity index (χ0n) is 15.9. The summed E-state index contributed by atoms with van der Waals surface area (Å²) in [6.07, 6.45) is 2.54. The molecule has 2 heterocycles. The molecule has 8 heteroatoms. The van der Waals surface area contributed by atoms with Crippen molar-refractivity contribution in [1.29, 1.82) is 0 Å². The van der Waals surface area contributed by atoms with E-state index in [4.69, 9.17) is 4.74 Å². The molecule has 26 heavy (non-hydrogen) atoms. The van der Waals surface area contributed by atoms with Crippen LogP contribution >= 0.6 is 35.3 Å². The smallest absolute Gasteiger partial charge is 0.310 e. The minimum atomic E-state index is -0.243. The summed E-state index contributed by atoms with van der Waals surface area (Å²) in [5.41, 5.74) is 0. The van der Waals surface area contributed by atoms with Crippen molar-refractivity contribution in [2.75, 3.05) is 39.8 Å². The topological polar surface area (TPSA) is 66.0 Å². The van der Waals surface area contributed by atoms with Gasteiger partial charge in [-0.3, -0.25) is 14.7 Å². The van der Waals surface area contributed by atoms with Gasteiger partial charge < -0.3 is 15.4 Å². The fraction of sp³-hybridized carbons (Fsp3) is 0.667. The van der Waals surface area contributed by atoms with Crippen molar-refractivity contribution in [2.24, 2.45) is 10.9 Å². The lowest BCUT2D eigenvalue weighted by Gasteiger charge is -2.27. The maximum atomic E-state index is 11.5. The van der Waals surface area contributed by atoms with Crippen LogP contribution in [0.2, 0.25) is 0 Å². The average molecular weight is 494 g/mol. The van der Waals surface area contributed by atoms with Crippen molar-refractivity contribution in [2.45, 2.75) is 32.7 Å². The Kier molecular flexibility index (Phi) is 11.1. The number of guanidine groups is 1. The van der Waals surface area contributed by atoms with Gasteiger partial charge in [-0.15, -0.1) is 35.3 Å². The highest BCUT2D eigenvalue weighted by Gasteiger charge is 2.24. The van der Waals surface area contributed by atoms with Crippen LogP contribution in [0.3, 0.4) is 0 Å². The number of hydrogen-bond donors (Lipinski definition) is 2. The Morgan fingerprint density at radius 2 is 2.12 bits per heavy atom. The molecule has 0 bridgehead atoms. The number of carbonyl (C=O) groups is 1. The predicted octanol–water partition coefficient (Wildman–Crippen LogP) is 2.87. The Bertz CT molecular complexity index is 547.